The first-order valence-corrected chi connectivity index (χ1v) is 14.8. The monoisotopic (exact) mass is 735 g/mol. The first kappa shape index (κ1) is 39.0. The van der Waals surface area contributed by atoms with E-state index in [4.69, 9.17) is 16.7 Å². The van der Waals surface area contributed by atoms with Gasteiger partial charge in [0.2, 0.25) is 5.82 Å². The van der Waals surface area contributed by atoms with Gasteiger partial charge in [0, 0.05) is 55.8 Å². The second-order valence-corrected chi connectivity index (χ2v) is 11.9. The molecule has 2 aliphatic rings. The third-order valence-corrected chi connectivity index (χ3v) is 8.88. The lowest BCUT2D eigenvalue weighted by molar-refractivity contribution is -0.138. The highest BCUT2D eigenvalue weighted by Gasteiger charge is 2.34. The molecule has 5 rings (SSSR count). The molecule has 0 radical (unpaired) electrons. The van der Waals surface area contributed by atoms with Crippen LogP contribution in [0, 0.1) is 5.82 Å². The number of thiazole rings is 1. The van der Waals surface area contributed by atoms with E-state index in [0.717, 1.165) is 30.3 Å². The largest absolute Gasteiger partial charge is 0.481 e. The topological polar surface area (TPSA) is 97.7 Å². The van der Waals surface area contributed by atoms with Crippen molar-refractivity contribution in [2.75, 3.05) is 49.5 Å². The number of hydrogen-bond acceptors (Lipinski definition) is 9. The Morgan fingerprint density at radius 3 is 2.47 bits per heavy atom. The van der Waals surface area contributed by atoms with E-state index >= 15 is 4.39 Å². The van der Waals surface area contributed by atoms with Gasteiger partial charge >= 0.3 is 12.1 Å². The van der Waals surface area contributed by atoms with Crippen LogP contribution in [-0.2, 0) is 17.5 Å². The molecule has 0 amide bonds. The van der Waals surface area contributed by atoms with E-state index in [1.165, 1.54) is 29.8 Å². The molecule has 0 aliphatic carbocycles. The molecular weight excluding hydrogens is 704 g/mol. The smallest absolute Gasteiger partial charge is 0.417 e. The van der Waals surface area contributed by atoms with Crippen LogP contribution in [0.3, 0.4) is 0 Å². The van der Waals surface area contributed by atoms with Crippen molar-refractivity contribution < 1.29 is 27.5 Å². The number of halogens is 8. The number of likely N-dealkylation sites (tertiary alicyclic amines) is 1. The quantitative estimate of drug-likeness (QED) is 0.225. The van der Waals surface area contributed by atoms with E-state index in [1.54, 1.807) is 4.90 Å². The highest BCUT2D eigenvalue weighted by atomic mass is 35.5. The summed E-state index contributed by atoms with van der Waals surface area (Å²) in [6, 6.07) is 4.04. The summed E-state index contributed by atoms with van der Waals surface area (Å²) in [4.78, 5) is 30.4. The van der Waals surface area contributed by atoms with Crippen molar-refractivity contribution in [1.82, 2.24) is 24.8 Å². The summed E-state index contributed by atoms with van der Waals surface area (Å²) < 4.78 is 56.5. The number of anilines is 3. The fraction of sp³-hybridized carbons (Fsp3) is 0.481. The highest BCUT2D eigenvalue weighted by molar-refractivity contribution is 7.16. The molecule has 1 aromatic carbocycles. The Balaban J connectivity index is 0.00000235. The number of aliphatic carboxylic acids is 1. The summed E-state index contributed by atoms with van der Waals surface area (Å²) >= 11 is 7.11. The SMILES string of the molecule is C[C@@H]1CCCN1Cc1sc(Nc2ncnc(N3CCN(CCC(=O)O)CC3)c2F)nc1-c1ccc(Cl)c(C(F)(F)F)c1.Cl.Cl.Cl. The molecular formula is C27H33Cl4F4N7O2S. The lowest BCUT2D eigenvalue weighted by Gasteiger charge is -2.35. The van der Waals surface area contributed by atoms with Gasteiger partial charge in [0.25, 0.3) is 0 Å². The van der Waals surface area contributed by atoms with Crippen LogP contribution in [0.15, 0.2) is 24.5 Å². The van der Waals surface area contributed by atoms with E-state index in [1.807, 2.05) is 4.90 Å². The van der Waals surface area contributed by atoms with E-state index < -0.39 is 28.5 Å². The molecule has 0 saturated carbocycles. The molecule has 1 atom stereocenters. The summed E-state index contributed by atoms with van der Waals surface area (Å²) in [5.41, 5.74) is -0.308. The Morgan fingerprint density at radius 2 is 1.84 bits per heavy atom. The summed E-state index contributed by atoms with van der Waals surface area (Å²) in [6.45, 7) is 5.94. The number of aromatic nitrogens is 3. The third kappa shape index (κ3) is 9.43. The van der Waals surface area contributed by atoms with Crippen LogP contribution in [0.4, 0.5) is 34.3 Å². The zero-order valence-corrected chi connectivity index (χ0v) is 28.0. The number of carboxylic acids is 1. The molecule has 2 aliphatic heterocycles. The van der Waals surface area contributed by atoms with Crippen LogP contribution in [0.25, 0.3) is 11.3 Å². The molecule has 2 aromatic heterocycles. The van der Waals surface area contributed by atoms with Crippen molar-refractivity contribution in [1.29, 1.82) is 0 Å². The van der Waals surface area contributed by atoms with Crippen molar-refractivity contribution in [3.8, 4) is 11.3 Å². The maximum absolute atomic E-state index is 15.6. The predicted octanol–water partition coefficient (Wildman–Crippen LogP) is 7.00. The van der Waals surface area contributed by atoms with Gasteiger partial charge in [0.15, 0.2) is 16.8 Å². The molecule has 18 heteroatoms. The maximum Gasteiger partial charge on any atom is 0.417 e. The molecule has 2 saturated heterocycles. The number of piperazine rings is 1. The molecule has 3 aromatic rings. The number of hydrogen-bond donors (Lipinski definition) is 2. The minimum absolute atomic E-state index is 0. The summed E-state index contributed by atoms with van der Waals surface area (Å²) in [5.74, 6) is -1.52. The van der Waals surface area contributed by atoms with Crippen LogP contribution in [0.2, 0.25) is 5.02 Å². The number of alkyl halides is 3. The summed E-state index contributed by atoms with van der Waals surface area (Å²) in [6.07, 6.45) is -1.29. The Labute approximate surface area is 285 Å². The normalized spacial score (nSPS) is 17.3. The Morgan fingerprint density at radius 1 is 1.13 bits per heavy atom. The molecule has 0 spiro atoms. The average molecular weight is 737 g/mol. The van der Waals surface area contributed by atoms with Crippen molar-refractivity contribution in [3.05, 3.63) is 45.8 Å². The van der Waals surface area contributed by atoms with Gasteiger partial charge in [-0.1, -0.05) is 29.0 Å². The van der Waals surface area contributed by atoms with Crippen LogP contribution in [0.5, 0.6) is 0 Å². The van der Waals surface area contributed by atoms with Crippen LogP contribution in [0.1, 0.15) is 36.6 Å². The maximum atomic E-state index is 15.6. The lowest BCUT2D eigenvalue weighted by atomic mass is 10.1. The third-order valence-electron chi connectivity index (χ3n) is 7.59. The van der Waals surface area contributed by atoms with E-state index in [2.05, 4.69) is 32.1 Å². The fourth-order valence-corrected chi connectivity index (χ4v) is 6.48. The Hall–Kier alpha value is -2.20. The predicted molar refractivity (Wildman–Crippen MR) is 175 cm³/mol. The van der Waals surface area contributed by atoms with Crippen LogP contribution in [-0.4, -0.2) is 81.1 Å². The first-order valence-electron chi connectivity index (χ1n) is 13.6. The van der Waals surface area contributed by atoms with Gasteiger partial charge in [-0.3, -0.25) is 14.6 Å². The number of nitrogens with zero attached hydrogens (tertiary/aromatic N) is 6. The average Bonchev–Trinajstić information content (AvgIpc) is 3.54. The molecule has 250 valence electrons. The van der Waals surface area contributed by atoms with Crippen molar-refractivity contribution in [3.63, 3.8) is 0 Å². The van der Waals surface area contributed by atoms with E-state index in [0.29, 0.717) is 51.0 Å². The van der Waals surface area contributed by atoms with Gasteiger partial charge < -0.3 is 15.3 Å². The van der Waals surface area contributed by atoms with Crippen molar-refractivity contribution in [2.45, 2.75) is 44.9 Å². The number of benzene rings is 1. The molecule has 0 bridgehead atoms. The van der Waals surface area contributed by atoms with E-state index in [9.17, 15) is 18.0 Å². The van der Waals surface area contributed by atoms with Gasteiger partial charge in [-0.05, 0) is 38.4 Å². The molecule has 45 heavy (non-hydrogen) atoms. The zero-order valence-electron chi connectivity index (χ0n) is 24.0. The molecule has 2 N–H and O–H groups in total. The van der Waals surface area contributed by atoms with Gasteiger partial charge in [0.05, 0.1) is 22.7 Å². The first-order chi connectivity index (χ1) is 20.0. The number of carbonyl (C=O) groups is 1. The number of rotatable bonds is 9. The fourth-order valence-electron chi connectivity index (χ4n) is 5.25. The second kappa shape index (κ2) is 16.6. The van der Waals surface area contributed by atoms with Crippen LogP contribution >= 0.6 is 60.2 Å². The molecule has 2 fully saturated rings. The van der Waals surface area contributed by atoms with Gasteiger partial charge in [0.1, 0.15) is 6.33 Å². The summed E-state index contributed by atoms with van der Waals surface area (Å²) in [7, 11) is 0. The van der Waals surface area contributed by atoms with Gasteiger partial charge in [-0.25, -0.2) is 15.0 Å². The highest BCUT2D eigenvalue weighted by Crippen LogP contribution is 2.40. The standard InChI is InChI=1S/C27H30ClF4N7O2S.3ClH/c1-16-3-2-7-39(16)14-20-23(17-4-5-19(28)18(13-17)27(30,31)32)35-26(42-20)36-24-22(29)25(34-15-33-24)38-11-9-37(10-12-38)8-6-21(40)41;;;/h4-5,13,15-16H,2-3,6-12,14H2,1H3,(H,40,41)(H,33,34,35,36);3*1H/t16-;;;/m1.../s1. The van der Waals surface area contributed by atoms with Crippen LogP contribution < -0.4 is 10.2 Å². The van der Waals surface area contributed by atoms with Gasteiger partial charge in [-0.15, -0.1) is 37.2 Å². The number of nitrogens with one attached hydrogen (secondary N) is 1. The molecule has 4 heterocycles. The lowest BCUT2D eigenvalue weighted by Crippen LogP contribution is -2.47. The van der Waals surface area contributed by atoms with Gasteiger partial charge in [-0.2, -0.15) is 17.6 Å². The van der Waals surface area contributed by atoms with Crippen molar-refractivity contribution in [2.24, 2.45) is 0 Å². The molecule has 9 nitrogen and oxygen atoms in total. The van der Waals surface area contributed by atoms with E-state index in [-0.39, 0.29) is 66.0 Å². The summed E-state index contributed by atoms with van der Waals surface area (Å²) in [5, 5.41) is 11.7. The minimum atomic E-state index is -4.63. The zero-order chi connectivity index (χ0) is 30.0. The second-order valence-electron chi connectivity index (χ2n) is 10.4. The number of carboxylic acid groups (broad SMARTS) is 1. The Bertz CT molecular complexity index is 1440. The molecule has 0 unspecified atom stereocenters. The Kier molecular flexibility index (Phi) is 14.4. The van der Waals surface area contributed by atoms with Crippen molar-refractivity contribution >= 4 is 82.9 Å². The minimum Gasteiger partial charge on any atom is -0.481 e.